The van der Waals surface area contributed by atoms with E-state index in [-0.39, 0.29) is 6.42 Å². The molecule has 6 heteroatoms. The summed E-state index contributed by atoms with van der Waals surface area (Å²) in [7, 11) is 0. The second-order valence-corrected chi connectivity index (χ2v) is 5.17. The number of aliphatic hydroxyl groups is 1. The minimum atomic E-state index is -0.632. The van der Waals surface area contributed by atoms with Crippen LogP contribution < -0.4 is 0 Å². The van der Waals surface area contributed by atoms with Crippen LogP contribution in [0.4, 0.5) is 8.78 Å². The van der Waals surface area contributed by atoms with Crippen LogP contribution in [-0.4, -0.2) is 21.4 Å². The largest absolute Gasteiger partial charge is 0.392 e. The Morgan fingerprint density at radius 3 is 2.60 bits per heavy atom. The van der Waals surface area contributed by atoms with Crippen molar-refractivity contribution in [2.24, 2.45) is 5.92 Å². The maximum atomic E-state index is 13.1. The lowest BCUT2D eigenvalue weighted by Crippen LogP contribution is -2.12. The Balaban J connectivity index is 1.66. The zero-order valence-corrected chi connectivity index (χ0v) is 10.7. The van der Waals surface area contributed by atoms with Crippen LogP contribution in [0.2, 0.25) is 0 Å². The molecule has 0 radical (unpaired) electrons. The number of hydrogen-bond donors (Lipinski definition) is 1. The first kappa shape index (κ1) is 13.2. The normalized spacial score (nSPS) is 16.4. The van der Waals surface area contributed by atoms with Gasteiger partial charge in [0.25, 0.3) is 0 Å². The van der Waals surface area contributed by atoms with E-state index in [2.05, 4.69) is 10.1 Å². The number of halogens is 2. The summed E-state index contributed by atoms with van der Waals surface area (Å²) < 4.78 is 31.2. The Morgan fingerprint density at radius 1 is 1.25 bits per heavy atom. The molecule has 1 heterocycles. The molecule has 20 heavy (non-hydrogen) atoms. The third kappa shape index (κ3) is 3.19. The van der Waals surface area contributed by atoms with Crippen molar-refractivity contribution >= 4 is 0 Å². The first-order valence-corrected chi connectivity index (χ1v) is 6.54. The maximum Gasteiger partial charge on any atom is 0.229 e. The molecule has 0 saturated heterocycles. The predicted molar refractivity (Wildman–Crippen MR) is 65.9 cm³/mol. The van der Waals surface area contributed by atoms with Gasteiger partial charge in [0, 0.05) is 12.5 Å². The van der Waals surface area contributed by atoms with Gasteiger partial charge in [-0.05, 0) is 36.5 Å². The van der Waals surface area contributed by atoms with E-state index in [9.17, 15) is 13.9 Å². The molecule has 1 unspecified atom stereocenters. The monoisotopic (exact) mass is 280 g/mol. The average Bonchev–Trinajstić information content (AvgIpc) is 3.12. The van der Waals surface area contributed by atoms with Crippen LogP contribution in [0.5, 0.6) is 0 Å². The van der Waals surface area contributed by atoms with Gasteiger partial charge in [-0.25, -0.2) is 8.78 Å². The van der Waals surface area contributed by atoms with Crippen molar-refractivity contribution in [2.45, 2.75) is 31.8 Å². The molecule has 106 valence electrons. The molecule has 0 amide bonds. The lowest BCUT2D eigenvalue weighted by Gasteiger charge is -2.03. The summed E-state index contributed by atoms with van der Waals surface area (Å²) in [5.74, 6) is -0.215. The zero-order valence-electron chi connectivity index (χ0n) is 10.7. The van der Waals surface area contributed by atoms with Crippen LogP contribution >= 0.6 is 0 Å². The summed E-state index contributed by atoms with van der Waals surface area (Å²) in [5, 5.41) is 13.5. The Labute approximate surface area is 114 Å². The van der Waals surface area contributed by atoms with E-state index in [1.54, 1.807) is 0 Å². The van der Waals surface area contributed by atoms with Crippen molar-refractivity contribution in [1.82, 2.24) is 10.1 Å². The van der Waals surface area contributed by atoms with E-state index in [0.717, 1.165) is 18.9 Å². The summed E-state index contributed by atoms with van der Waals surface area (Å²) >= 11 is 0. The van der Waals surface area contributed by atoms with Crippen molar-refractivity contribution in [2.75, 3.05) is 0 Å². The molecule has 1 atom stereocenters. The number of aromatic nitrogens is 2. The molecule has 1 aliphatic rings. The van der Waals surface area contributed by atoms with E-state index >= 15 is 0 Å². The fourth-order valence-corrected chi connectivity index (χ4v) is 2.17. The summed E-state index contributed by atoms with van der Waals surface area (Å²) in [6, 6.07) is 3.29. The van der Waals surface area contributed by atoms with Crippen LogP contribution in [-0.2, 0) is 12.8 Å². The van der Waals surface area contributed by atoms with Gasteiger partial charge in [-0.2, -0.15) is 4.98 Å². The van der Waals surface area contributed by atoms with Gasteiger partial charge < -0.3 is 9.63 Å². The number of rotatable bonds is 5. The second kappa shape index (κ2) is 5.28. The Kier molecular flexibility index (Phi) is 3.48. The highest BCUT2D eigenvalue weighted by atomic mass is 19.1. The van der Waals surface area contributed by atoms with Gasteiger partial charge in [-0.15, -0.1) is 0 Å². The summed E-state index contributed by atoms with van der Waals surface area (Å²) in [6.45, 7) is 0. The summed E-state index contributed by atoms with van der Waals surface area (Å²) in [4.78, 5) is 4.13. The highest BCUT2D eigenvalue weighted by Gasteiger charge is 2.31. The summed E-state index contributed by atoms with van der Waals surface area (Å²) in [6.07, 6.45) is 2.14. The van der Waals surface area contributed by atoms with Crippen LogP contribution in [0.25, 0.3) is 0 Å². The highest BCUT2D eigenvalue weighted by molar-refractivity contribution is 5.21. The maximum absolute atomic E-state index is 13.1. The number of aliphatic hydroxyl groups excluding tert-OH is 1. The lowest BCUT2D eigenvalue weighted by molar-refractivity contribution is 0.140. The van der Waals surface area contributed by atoms with Gasteiger partial charge in [0.1, 0.15) is 11.6 Å². The van der Waals surface area contributed by atoms with E-state index in [1.165, 1.54) is 12.1 Å². The molecule has 4 nitrogen and oxygen atoms in total. The molecule has 1 fully saturated rings. The molecule has 1 aromatic carbocycles. The number of nitrogens with zero attached hydrogens (tertiary/aromatic N) is 2. The van der Waals surface area contributed by atoms with E-state index in [0.29, 0.717) is 29.6 Å². The van der Waals surface area contributed by atoms with Gasteiger partial charge >= 0.3 is 0 Å². The lowest BCUT2D eigenvalue weighted by atomic mass is 10.1. The number of benzene rings is 1. The molecule has 1 saturated carbocycles. The van der Waals surface area contributed by atoms with Gasteiger partial charge in [0.15, 0.2) is 5.82 Å². The Bertz CT molecular complexity index is 591. The van der Waals surface area contributed by atoms with Crippen LogP contribution in [0.1, 0.15) is 30.1 Å². The third-order valence-electron chi connectivity index (χ3n) is 3.34. The first-order chi connectivity index (χ1) is 9.60. The van der Waals surface area contributed by atoms with Crippen molar-refractivity contribution in [3.63, 3.8) is 0 Å². The molecule has 0 aliphatic heterocycles. The minimum Gasteiger partial charge on any atom is -0.392 e. The van der Waals surface area contributed by atoms with Crippen molar-refractivity contribution in [3.05, 3.63) is 47.1 Å². The molecule has 1 aromatic heterocycles. The van der Waals surface area contributed by atoms with Crippen molar-refractivity contribution in [3.8, 4) is 0 Å². The predicted octanol–water partition coefficient (Wildman–Crippen LogP) is 2.25. The van der Waals surface area contributed by atoms with Crippen LogP contribution in [0.3, 0.4) is 0 Å². The molecule has 0 spiro atoms. The Hall–Kier alpha value is -1.82. The molecular formula is C14H14F2N2O2. The first-order valence-electron chi connectivity index (χ1n) is 6.54. The van der Waals surface area contributed by atoms with E-state index in [4.69, 9.17) is 4.52 Å². The van der Waals surface area contributed by atoms with Crippen LogP contribution in [0.15, 0.2) is 22.7 Å². The molecule has 1 aliphatic carbocycles. The Morgan fingerprint density at radius 2 is 1.95 bits per heavy atom. The second-order valence-electron chi connectivity index (χ2n) is 5.17. The molecular weight excluding hydrogens is 266 g/mol. The fourth-order valence-electron chi connectivity index (χ4n) is 2.17. The summed E-state index contributed by atoms with van der Waals surface area (Å²) in [5.41, 5.74) is 0.442. The SMILES string of the molecule is OC(Cc1nc(Cc2cc(F)cc(F)c2)no1)C1CC1. The minimum absolute atomic E-state index is 0.192. The fraction of sp³-hybridized carbons (Fsp3) is 0.429. The quantitative estimate of drug-likeness (QED) is 0.912. The molecule has 3 rings (SSSR count). The standard InChI is InChI=1S/C14H14F2N2O2/c15-10-3-8(4-11(16)6-10)5-13-17-14(20-18-13)7-12(19)9-1-2-9/h3-4,6,9,12,19H,1-2,5,7H2. The van der Waals surface area contributed by atoms with Crippen LogP contribution in [0, 0.1) is 17.6 Å². The van der Waals surface area contributed by atoms with Crippen molar-refractivity contribution in [1.29, 1.82) is 0 Å². The van der Waals surface area contributed by atoms with Crippen molar-refractivity contribution < 1.29 is 18.4 Å². The van der Waals surface area contributed by atoms with Gasteiger partial charge in [-0.1, -0.05) is 5.16 Å². The smallest absolute Gasteiger partial charge is 0.229 e. The third-order valence-corrected chi connectivity index (χ3v) is 3.34. The van der Waals surface area contributed by atoms with Gasteiger partial charge in [-0.3, -0.25) is 0 Å². The molecule has 2 aromatic rings. The highest BCUT2D eigenvalue weighted by Crippen LogP contribution is 2.33. The molecule has 0 bridgehead atoms. The average molecular weight is 280 g/mol. The molecule has 1 N–H and O–H groups in total. The van der Waals surface area contributed by atoms with Gasteiger partial charge in [0.05, 0.1) is 12.5 Å². The van der Waals surface area contributed by atoms with E-state index in [1.807, 2.05) is 0 Å². The number of hydrogen-bond acceptors (Lipinski definition) is 4. The zero-order chi connectivity index (χ0) is 14.1. The van der Waals surface area contributed by atoms with Gasteiger partial charge in [0.2, 0.25) is 5.89 Å². The van der Waals surface area contributed by atoms with E-state index < -0.39 is 17.7 Å². The topological polar surface area (TPSA) is 59.2 Å².